The molecule has 5 heteroatoms. The Kier molecular flexibility index (Phi) is 3.76. The van der Waals surface area contributed by atoms with E-state index < -0.39 is 5.97 Å². The summed E-state index contributed by atoms with van der Waals surface area (Å²) in [7, 11) is 0. The van der Waals surface area contributed by atoms with E-state index in [2.05, 4.69) is 20.9 Å². The molecule has 74 valence electrons. The lowest BCUT2D eigenvalue weighted by atomic mass is 10.1. The Morgan fingerprint density at radius 2 is 2.14 bits per heavy atom. The Labute approximate surface area is 89.1 Å². The van der Waals surface area contributed by atoms with Crippen molar-refractivity contribution in [1.82, 2.24) is 4.98 Å². The molecular formula is C9H8BrNO3. The number of carbonyl (C=O) groups is 2. The van der Waals surface area contributed by atoms with Crippen molar-refractivity contribution in [2.45, 2.75) is 12.8 Å². The van der Waals surface area contributed by atoms with E-state index in [9.17, 15) is 9.59 Å². The number of Topliss-reactive ketones (excluding diaryl/α,β-unsaturated/α-hetero) is 1. The van der Waals surface area contributed by atoms with E-state index in [1.807, 2.05) is 0 Å². The molecule has 4 nitrogen and oxygen atoms in total. The molecule has 0 aliphatic carbocycles. The van der Waals surface area contributed by atoms with Crippen molar-refractivity contribution >= 4 is 27.7 Å². The second kappa shape index (κ2) is 4.85. The fourth-order valence-electron chi connectivity index (χ4n) is 0.930. The molecule has 1 aromatic rings. The minimum Gasteiger partial charge on any atom is -0.481 e. The number of hydrogen-bond donors (Lipinski definition) is 1. The second-order valence-electron chi connectivity index (χ2n) is 2.65. The van der Waals surface area contributed by atoms with Crippen LogP contribution >= 0.6 is 15.9 Å². The Balaban J connectivity index is 2.70. The Morgan fingerprint density at radius 1 is 1.43 bits per heavy atom. The van der Waals surface area contributed by atoms with Crippen LogP contribution < -0.4 is 0 Å². The molecule has 1 N–H and O–H groups in total. The third-order valence-electron chi connectivity index (χ3n) is 1.59. The van der Waals surface area contributed by atoms with E-state index in [-0.39, 0.29) is 24.3 Å². The lowest BCUT2D eigenvalue weighted by Gasteiger charge is -1.99. The summed E-state index contributed by atoms with van der Waals surface area (Å²) in [4.78, 5) is 25.5. The molecule has 0 aromatic carbocycles. The highest BCUT2D eigenvalue weighted by molar-refractivity contribution is 9.10. The number of carboxylic acid groups (broad SMARTS) is 1. The molecule has 0 aliphatic rings. The van der Waals surface area contributed by atoms with Gasteiger partial charge in [0.2, 0.25) is 0 Å². The Hall–Kier alpha value is -1.23. The predicted molar refractivity (Wildman–Crippen MR) is 53.1 cm³/mol. The maximum Gasteiger partial charge on any atom is 0.303 e. The average molecular weight is 258 g/mol. The van der Waals surface area contributed by atoms with Gasteiger partial charge in [-0.05, 0) is 28.1 Å². The van der Waals surface area contributed by atoms with Gasteiger partial charge in [0.1, 0.15) is 5.69 Å². The monoisotopic (exact) mass is 257 g/mol. The summed E-state index contributed by atoms with van der Waals surface area (Å²) in [6, 6.07) is 3.39. The Bertz CT molecular complexity index is 365. The van der Waals surface area contributed by atoms with E-state index in [1.165, 1.54) is 6.20 Å². The summed E-state index contributed by atoms with van der Waals surface area (Å²) in [5.41, 5.74) is 0.286. The van der Waals surface area contributed by atoms with Crippen molar-refractivity contribution in [2.24, 2.45) is 0 Å². The molecular weight excluding hydrogens is 250 g/mol. The minimum atomic E-state index is -0.981. The van der Waals surface area contributed by atoms with Crippen molar-refractivity contribution in [3.63, 3.8) is 0 Å². The zero-order valence-corrected chi connectivity index (χ0v) is 8.82. The molecule has 1 heterocycles. The van der Waals surface area contributed by atoms with Gasteiger partial charge in [-0.1, -0.05) is 0 Å². The smallest absolute Gasteiger partial charge is 0.303 e. The maximum atomic E-state index is 11.4. The van der Waals surface area contributed by atoms with Gasteiger partial charge in [-0.2, -0.15) is 0 Å². The van der Waals surface area contributed by atoms with Crippen LogP contribution in [-0.4, -0.2) is 21.8 Å². The van der Waals surface area contributed by atoms with Gasteiger partial charge in [0.05, 0.1) is 6.42 Å². The fraction of sp³-hybridized carbons (Fsp3) is 0.222. The van der Waals surface area contributed by atoms with Crippen LogP contribution in [0.15, 0.2) is 22.8 Å². The summed E-state index contributed by atoms with van der Waals surface area (Å²) in [6.07, 6.45) is 1.31. The normalized spacial score (nSPS) is 9.79. The third kappa shape index (κ3) is 2.92. The van der Waals surface area contributed by atoms with Crippen LogP contribution in [0.4, 0.5) is 0 Å². The first-order valence-corrected chi connectivity index (χ1v) is 4.76. The molecule has 1 aromatic heterocycles. The lowest BCUT2D eigenvalue weighted by molar-refractivity contribution is -0.136. The molecule has 0 radical (unpaired) electrons. The first-order chi connectivity index (χ1) is 6.61. The van der Waals surface area contributed by atoms with E-state index in [4.69, 9.17) is 5.11 Å². The first-order valence-electron chi connectivity index (χ1n) is 3.97. The number of ketones is 1. The van der Waals surface area contributed by atoms with Crippen LogP contribution in [0.2, 0.25) is 0 Å². The summed E-state index contributed by atoms with van der Waals surface area (Å²) < 4.78 is 0.593. The SMILES string of the molecule is O=C(O)CCC(=O)c1ncccc1Br. The highest BCUT2D eigenvalue weighted by Gasteiger charge is 2.12. The molecule has 0 saturated heterocycles. The predicted octanol–water partition coefficient (Wildman–Crippen LogP) is 1.89. The number of aliphatic carboxylic acids is 1. The molecule has 0 unspecified atom stereocenters. The van der Waals surface area contributed by atoms with Crippen LogP contribution in [0, 0.1) is 0 Å². The molecule has 1 rings (SSSR count). The number of carboxylic acids is 1. The average Bonchev–Trinajstić information content (AvgIpc) is 2.15. The molecule has 14 heavy (non-hydrogen) atoms. The number of nitrogens with zero attached hydrogens (tertiary/aromatic N) is 1. The number of rotatable bonds is 4. The summed E-state index contributed by atoms with van der Waals surface area (Å²) in [5, 5.41) is 8.39. The zero-order valence-electron chi connectivity index (χ0n) is 7.24. The molecule has 0 spiro atoms. The third-order valence-corrected chi connectivity index (χ3v) is 2.23. The number of pyridine rings is 1. The summed E-state index contributed by atoms with van der Waals surface area (Å²) >= 11 is 3.17. The van der Waals surface area contributed by atoms with Gasteiger partial charge in [-0.15, -0.1) is 0 Å². The largest absolute Gasteiger partial charge is 0.481 e. The van der Waals surface area contributed by atoms with Crippen LogP contribution in [0.5, 0.6) is 0 Å². The van der Waals surface area contributed by atoms with E-state index in [1.54, 1.807) is 12.1 Å². The topological polar surface area (TPSA) is 67.3 Å². The quantitative estimate of drug-likeness (QED) is 0.837. The van der Waals surface area contributed by atoms with Crippen LogP contribution in [0.1, 0.15) is 23.3 Å². The zero-order chi connectivity index (χ0) is 10.6. The van der Waals surface area contributed by atoms with Crippen molar-refractivity contribution < 1.29 is 14.7 Å². The summed E-state index contributed by atoms with van der Waals surface area (Å²) in [6.45, 7) is 0. The van der Waals surface area contributed by atoms with E-state index in [0.29, 0.717) is 4.47 Å². The lowest BCUT2D eigenvalue weighted by Crippen LogP contribution is -2.06. The highest BCUT2D eigenvalue weighted by atomic mass is 79.9. The molecule has 0 atom stereocenters. The second-order valence-corrected chi connectivity index (χ2v) is 3.51. The van der Waals surface area contributed by atoms with Gasteiger partial charge in [0, 0.05) is 17.1 Å². The molecule has 0 fully saturated rings. The van der Waals surface area contributed by atoms with Gasteiger partial charge in [0.25, 0.3) is 0 Å². The van der Waals surface area contributed by atoms with Crippen LogP contribution in [0.25, 0.3) is 0 Å². The molecule has 0 bridgehead atoms. The van der Waals surface area contributed by atoms with Crippen molar-refractivity contribution in [1.29, 1.82) is 0 Å². The Morgan fingerprint density at radius 3 is 2.71 bits per heavy atom. The number of hydrogen-bond acceptors (Lipinski definition) is 3. The number of halogens is 1. The van der Waals surface area contributed by atoms with Crippen molar-refractivity contribution in [2.75, 3.05) is 0 Å². The van der Waals surface area contributed by atoms with Gasteiger partial charge >= 0.3 is 5.97 Å². The van der Waals surface area contributed by atoms with Crippen LogP contribution in [-0.2, 0) is 4.79 Å². The molecule has 0 amide bonds. The van der Waals surface area contributed by atoms with Crippen molar-refractivity contribution in [3.8, 4) is 0 Å². The minimum absolute atomic E-state index is 0.0229. The van der Waals surface area contributed by atoms with Gasteiger partial charge in [-0.25, -0.2) is 0 Å². The molecule has 0 aliphatic heterocycles. The summed E-state index contributed by atoms with van der Waals surface area (Å²) in [5.74, 6) is -1.25. The van der Waals surface area contributed by atoms with Gasteiger partial charge in [-0.3, -0.25) is 14.6 Å². The fourth-order valence-corrected chi connectivity index (χ4v) is 1.41. The standard InChI is InChI=1S/C9H8BrNO3/c10-6-2-1-5-11-9(6)7(12)3-4-8(13)14/h1-2,5H,3-4H2,(H,13,14). The first kappa shape index (κ1) is 10.8. The highest BCUT2D eigenvalue weighted by Crippen LogP contribution is 2.15. The van der Waals surface area contributed by atoms with E-state index in [0.717, 1.165) is 0 Å². The van der Waals surface area contributed by atoms with E-state index >= 15 is 0 Å². The van der Waals surface area contributed by atoms with Gasteiger partial charge < -0.3 is 5.11 Å². The van der Waals surface area contributed by atoms with Gasteiger partial charge in [0.15, 0.2) is 5.78 Å². The maximum absolute atomic E-state index is 11.4. The van der Waals surface area contributed by atoms with Crippen LogP contribution in [0.3, 0.4) is 0 Å². The molecule has 0 saturated carbocycles. The number of carbonyl (C=O) groups excluding carboxylic acids is 1. The number of aromatic nitrogens is 1. The van der Waals surface area contributed by atoms with Crippen molar-refractivity contribution in [3.05, 3.63) is 28.5 Å².